The molecule has 3 heterocycles. The predicted octanol–water partition coefficient (Wildman–Crippen LogP) is -6.69. The van der Waals surface area contributed by atoms with Crippen LogP contribution in [0.3, 0.4) is 0 Å². The smallest absolute Gasteiger partial charge is 0.303 e. The first-order chi connectivity index (χ1) is 45.4. The Labute approximate surface area is 554 Å². The van der Waals surface area contributed by atoms with Gasteiger partial charge in [0.1, 0.15) is 73.6 Å². The van der Waals surface area contributed by atoms with E-state index in [0.717, 1.165) is 0 Å². The number of aliphatic hydroxyl groups excluding tert-OH is 1. The molecule has 35 heteroatoms. The minimum absolute atomic E-state index is 0.0429. The number of carboxylic acids is 1. The molecule has 532 valence electrons. The van der Waals surface area contributed by atoms with Gasteiger partial charge in [0.2, 0.25) is 70.9 Å². The van der Waals surface area contributed by atoms with Gasteiger partial charge in [-0.05, 0) is 94.2 Å². The highest BCUT2D eigenvalue weighted by molar-refractivity contribution is 6.00. The van der Waals surface area contributed by atoms with Crippen molar-refractivity contribution in [2.45, 2.75) is 203 Å². The van der Waals surface area contributed by atoms with E-state index in [0.29, 0.717) is 29.2 Å². The summed E-state index contributed by atoms with van der Waals surface area (Å²) in [7, 11) is 0. The van der Waals surface area contributed by atoms with Crippen LogP contribution in [0.5, 0.6) is 0 Å². The molecule has 0 bridgehead atoms. The fraction of sp³-hybridized carbons (Fsp3) is 0.623. The van der Waals surface area contributed by atoms with Crippen molar-refractivity contribution in [2.24, 2.45) is 40.5 Å². The van der Waals surface area contributed by atoms with Crippen molar-refractivity contribution in [1.29, 1.82) is 0 Å². The molecule has 2 aliphatic heterocycles. The number of amides is 13. The third-order valence-electron chi connectivity index (χ3n) is 16.6. The van der Waals surface area contributed by atoms with Gasteiger partial charge in [0, 0.05) is 55.9 Å². The van der Waals surface area contributed by atoms with Crippen LogP contribution < -0.4 is 82.3 Å². The minimum atomic E-state index is -1.75. The molecular formula is C61H97N18O17+. The molecule has 2 saturated heterocycles. The Morgan fingerprint density at radius 1 is 0.635 bits per heavy atom. The molecule has 0 aliphatic carbocycles. The summed E-state index contributed by atoms with van der Waals surface area (Å²) in [6.07, 6.45) is -0.927. The first-order valence-corrected chi connectivity index (χ1v) is 32.2. The maximum absolute atomic E-state index is 14.9. The average molecular weight is 1350 g/mol. The molecule has 96 heavy (non-hydrogen) atoms. The highest BCUT2D eigenvalue weighted by atomic mass is 16.4. The Morgan fingerprint density at radius 2 is 1.16 bits per heavy atom. The van der Waals surface area contributed by atoms with E-state index in [1.165, 1.54) is 9.80 Å². The van der Waals surface area contributed by atoms with Crippen molar-refractivity contribution in [1.82, 2.24) is 62.6 Å². The second-order valence-electron chi connectivity index (χ2n) is 24.7. The number of primary amides is 3. The van der Waals surface area contributed by atoms with E-state index in [1.54, 1.807) is 44.3 Å². The number of likely N-dealkylation sites (tertiary alicyclic amines) is 2. The highest BCUT2D eigenvalue weighted by Crippen LogP contribution is 2.25. The van der Waals surface area contributed by atoms with E-state index in [4.69, 9.17) is 28.7 Å². The van der Waals surface area contributed by atoms with Crippen LogP contribution in [0.25, 0.3) is 10.9 Å². The lowest BCUT2D eigenvalue weighted by atomic mass is 9.96. The average Bonchev–Trinajstić information content (AvgIpc) is 1.47. The number of carbonyl (C=O) groups is 15. The Balaban J connectivity index is 1.64. The van der Waals surface area contributed by atoms with Crippen molar-refractivity contribution in [2.75, 3.05) is 26.2 Å². The van der Waals surface area contributed by atoms with Crippen LogP contribution in [0.1, 0.15) is 130 Å². The van der Waals surface area contributed by atoms with Gasteiger partial charge in [-0.15, -0.1) is 0 Å². The SMILES string of the molecule is CC[C@H](C)[C@H](NC(=O)[C@H](Cc1c[nH]c2ccccc12)NC(=O)[C@H](CCC(=O)O)NC(=O)[C@H](CC(N)=O)NC(=O)[C@@H]([NH3+])CO)C(=O)N[C@@H](CCC(N)=O)C(=O)N1CCC[C@H]1C(=O)N[C@@H](CCCNC(N)N)C(=O)N[C@@H](CC(C)C)C(=O)N1CCC[C@H]1C(=O)N[C@H](C=O)CCC(N)=O. The van der Waals surface area contributed by atoms with Gasteiger partial charge < -0.3 is 107 Å². The fourth-order valence-electron chi connectivity index (χ4n) is 11.2. The third-order valence-corrected chi connectivity index (χ3v) is 16.6. The van der Waals surface area contributed by atoms with Crippen LogP contribution >= 0.6 is 0 Å². The minimum Gasteiger partial charge on any atom is -0.481 e. The van der Waals surface area contributed by atoms with E-state index in [9.17, 15) is 82.1 Å². The van der Waals surface area contributed by atoms with Crippen LogP contribution in [-0.4, -0.2) is 213 Å². The van der Waals surface area contributed by atoms with Crippen molar-refractivity contribution in [3.05, 3.63) is 36.0 Å². The van der Waals surface area contributed by atoms with Crippen molar-refractivity contribution >= 4 is 100.0 Å². The number of rotatable bonds is 42. The van der Waals surface area contributed by atoms with Crippen LogP contribution in [0.2, 0.25) is 0 Å². The molecule has 0 saturated carbocycles. The highest BCUT2D eigenvalue weighted by Gasteiger charge is 2.43. The number of nitrogens with two attached hydrogens (primary N) is 5. The lowest BCUT2D eigenvalue weighted by Gasteiger charge is -2.32. The Hall–Kier alpha value is -9.19. The molecular weight excluding hydrogens is 1260 g/mol. The summed E-state index contributed by atoms with van der Waals surface area (Å²) in [5.74, 6) is -13.8. The number of para-hydroxylation sites is 1. The molecule has 2 aliphatic rings. The summed E-state index contributed by atoms with van der Waals surface area (Å²) in [6, 6.07) is -8.44. The summed E-state index contributed by atoms with van der Waals surface area (Å²) >= 11 is 0. The van der Waals surface area contributed by atoms with Crippen LogP contribution in [0.15, 0.2) is 30.5 Å². The number of nitrogens with zero attached hydrogens (tertiary/aromatic N) is 2. The largest absolute Gasteiger partial charge is 0.481 e. The summed E-state index contributed by atoms with van der Waals surface area (Å²) in [4.78, 5) is 207. The summed E-state index contributed by atoms with van der Waals surface area (Å²) in [5.41, 5.74) is 32.2. The zero-order chi connectivity index (χ0) is 71.5. The summed E-state index contributed by atoms with van der Waals surface area (Å²) in [6.45, 7) is 6.44. The van der Waals surface area contributed by atoms with Gasteiger partial charge in [0.05, 0.1) is 12.5 Å². The molecule has 35 nitrogen and oxygen atoms in total. The molecule has 25 N–H and O–H groups in total. The molecule has 0 unspecified atom stereocenters. The van der Waals surface area contributed by atoms with E-state index in [1.807, 2.05) is 13.8 Å². The Bertz CT molecular complexity index is 3090. The number of nitrogens with one attached hydrogen (secondary N) is 10. The standard InChI is InChI=1S/C61H96N18O17/c1-5-32(4)50(77-55(91)41(26-33-28-69-37-12-7-6-11-35(33)37)75-53(89)39(18-21-49(85)86)71-54(90)42(27-48(65)84)74-51(87)36(62)30-81)58(94)73-40(17-20-47(64)83)59(95)78-23-10-15-45(78)57(93)72-38(13-8-22-68-61(66)67)52(88)76-43(25-31(2)3)60(96)79-24-9-14-44(79)56(92)70-34(29-80)16-19-46(63)82/h6-7,11-12,28-29,31-32,34,36,38-45,50,61,68-69,81H,5,8-10,13-27,30,62,66-67H2,1-4H3,(H2,63,82)(H2,64,83)(H2,65,84)(H,70,92)(H,71,90)(H,72,93)(H,73,94)(H,74,87)(H,75,89)(H,76,88)(H,77,91)(H,85,86)/p+1/t32-,34-,36-,38-,39-,40-,41-,42-,43-,44-,45-,50-/m0/s1. The normalized spacial score (nSPS) is 17.6. The number of fused-ring (bicyclic) bond motifs is 1. The predicted molar refractivity (Wildman–Crippen MR) is 343 cm³/mol. The second-order valence-corrected chi connectivity index (χ2v) is 24.7. The molecule has 2 aromatic rings. The zero-order valence-corrected chi connectivity index (χ0v) is 54.7. The molecule has 1 aromatic heterocycles. The lowest BCUT2D eigenvalue weighted by molar-refractivity contribution is -0.409. The van der Waals surface area contributed by atoms with Gasteiger partial charge in [-0.2, -0.15) is 0 Å². The monoisotopic (exact) mass is 1350 g/mol. The first-order valence-electron chi connectivity index (χ1n) is 32.2. The van der Waals surface area contributed by atoms with Gasteiger partial charge in [0.25, 0.3) is 5.91 Å². The lowest BCUT2D eigenvalue weighted by Crippen LogP contribution is -2.70. The van der Waals surface area contributed by atoms with Crippen molar-refractivity contribution in [3.8, 4) is 0 Å². The second kappa shape index (κ2) is 39.0. The van der Waals surface area contributed by atoms with Crippen molar-refractivity contribution < 1.29 is 87.9 Å². The number of aliphatic hydroxyl groups is 1. The molecule has 0 radical (unpaired) electrons. The maximum Gasteiger partial charge on any atom is 0.303 e. The number of carbonyl (C=O) groups excluding carboxylic acids is 14. The third kappa shape index (κ3) is 24.9. The molecule has 1 aromatic carbocycles. The van der Waals surface area contributed by atoms with Crippen molar-refractivity contribution in [3.63, 3.8) is 0 Å². The van der Waals surface area contributed by atoms with Gasteiger partial charge >= 0.3 is 5.97 Å². The number of aldehydes is 1. The van der Waals surface area contributed by atoms with E-state index in [-0.39, 0.29) is 89.8 Å². The molecule has 12 atom stereocenters. The molecule has 13 amide bonds. The number of hydrogen-bond donors (Lipinski definition) is 18. The number of hydrogen-bond acceptors (Lipinski definition) is 19. The maximum atomic E-state index is 14.9. The van der Waals surface area contributed by atoms with E-state index >= 15 is 0 Å². The van der Waals surface area contributed by atoms with Gasteiger partial charge in [-0.25, -0.2) is 0 Å². The van der Waals surface area contributed by atoms with Gasteiger partial charge in [-0.3, -0.25) is 72.4 Å². The van der Waals surface area contributed by atoms with E-state index in [2.05, 4.69) is 58.6 Å². The number of aliphatic carboxylic acids is 1. The summed E-state index contributed by atoms with van der Waals surface area (Å²) in [5, 5.41) is 43.1. The number of aromatic nitrogens is 1. The first kappa shape index (κ1) is 79.2. The molecule has 0 spiro atoms. The van der Waals surface area contributed by atoms with Crippen LogP contribution in [-0.2, 0) is 78.3 Å². The number of carboxylic acid groups (broad SMARTS) is 1. The number of benzene rings is 1. The Morgan fingerprint density at radius 3 is 1.72 bits per heavy atom. The molecule has 2 fully saturated rings. The topological polar surface area (TPSA) is 585 Å². The van der Waals surface area contributed by atoms with E-state index < -0.39 is 200 Å². The van der Waals surface area contributed by atoms with Crippen LogP contribution in [0.4, 0.5) is 0 Å². The number of H-pyrrole nitrogens is 1. The van der Waals surface area contributed by atoms with Crippen LogP contribution in [0, 0.1) is 11.8 Å². The Kier molecular flexibility index (Phi) is 32.2. The number of quaternary nitrogens is 1. The fourth-order valence-corrected chi connectivity index (χ4v) is 11.2. The molecule has 4 rings (SSSR count). The summed E-state index contributed by atoms with van der Waals surface area (Å²) < 4.78 is 0. The number of aromatic amines is 1. The quantitative estimate of drug-likeness (QED) is 0.0167. The van der Waals surface area contributed by atoms with Gasteiger partial charge in [-0.1, -0.05) is 52.3 Å². The van der Waals surface area contributed by atoms with Gasteiger partial charge in [0.15, 0.2) is 6.04 Å². The zero-order valence-electron chi connectivity index (χ0n) is 54.7.